The summed E-state index contributed by atoms with van der Waals surface area (Å²) in [6.07, 6.45) is 2.79. The van der Waals surface area contributed by atoms with Gasteiger partial charge in [0.1, 0.15) is 0 Å². The van der Waals surface area contributed by atoms with Crippen LogP contribution in [0.5, 0.6) is 0 Å². The number of hydrogen-bond donors (Lipinski definition) is 1. The van der Waals surface area contributed by atoms with Crippen molar-refractivity contribution in [2.75, 3.05) is 13.2 Å². The van der Waals surface area contributed by atoms with Crippen molar-refractivity contribution >= 4 is 16.9 Å². The second-order valence-corrected chi connectivity index (χ2v) is 5.09. The van der Waals surface area contributed by atoms with E-state index in [9.17, 15) is 4.79 Å². The number of carbonyl (C=O) groups excluding carboxylic acids is 1. The summed E-state index contributed by atoms with van der Waals surface area (Å²) in [4.78, 5) is 16.3. The first-order chi connectivity index (χ1) is 9.58. The molecule has 0 fully saturated rings. The molecule has 5 heteroatoms. The average Bonchev–Trinajstić information content (AvgIpc) is 2.79. The molecule has 0 aliphatic heterocycles. The summed E-state index contributed by atoms with van der Waals surface area (Å²) >= 11 is 0. The van der Waals surface area contributed by atoms with Gasteiger partial charge >= 0.3 is 0 Å². The van der Waals surface area contributed by atoms with E-state index in [2.05, 4.69) is 10.3 Å². The molecule has 0 bridgehead atoms. The number of rotatable bonds is 6. The predicted molar refractivity (Wildman–Crippen MR) is 78.8 cm³/mol. The van der Waals surface area contributed by atoms with Gasteiger partial charge in [-0.1, -0.05) is 0 Å². The van der Waals surface area contributed by atoms with Gasteiger partial charge in [0.05, 0.1) is 23.5 Å². The fraction of sp³-hybridized carbons (Fsp3) is 0.467. The van der Waals surface area contributed by atoms with Gasteiger partial charge in [-0.3, -0.25) is 4.79 Å². The lowest BCUT2D eigenvalue weighted by molar-refractivity contribution is 0.0757. The number of hydrogen-bond acceptors (Lipinski definition) is 3. The smallest absolute Gasteiger partial charge is 0.251 e. The minimum absolute atomic E-state index is 0.0675. The minimum atomic E-state index is -0.0675. The Hall–Kier alpha value is -1.88. The van der Waals surface area contributed by atoms with Crippen molar-refractivity contribution in [3.05, 3.63) is 30.1 Å². The molecule has 108 valence electrons. The monoisotopic (exact) mass is 275 g/mol. The molecule has 2 aromatic rings. The minimum Gasteiger partial charge on any atom is -0.379 e. The molecule has 0 spiro atoms. The standard InChI is InChI=1S/C15H21N3O2/c1-11(2)20-8-4-7-16-15(19)12-5-6-14-13(9-12)17-10-18(14)3/h5-6,9-11H,4,7-8H2,1-3H3,(H,16,19). The number of amides is 1. The SMILES string of the molecule is CC(C)OCCCNC(=O)c1ccc2c(c1)ncn2C. The maximum absolute atomic E-state index is 12.0. The molecule has 0 unspecified atom stereocenters. The zero-order chi connectivity index (χ0) is 14.5. The second kappa shape index (κ2) is 6.52. The molecule has 1 aromatic carbocycles. The molecule has 5 nitrogen and oxygen atoms in total. The van der Waals surface area contributed by atoms with E-state index in [1.54, 1.807) is 6.33 Å². The number of benzene rings is 1. The molecule has 0 aliphatic rings. The van der Waals surface area contributed by atoms with Crippen LogP contribution in [0.2, 0.25) is 0 Å². The van der Waals surface area contributed by atoms with Crippen LogP contribution in [-0.2, 0) is 11.8 Å². The zero-order valence-electron chi connectivity index (χ0n) is 12.2. The fourth-order valence-corrected chi connectivity index (χ4v) is 1.97. The Morgan fingerprint density at radius 3 is 3.00 bits per heavy atom. The number of imidazole rings is 1. The van der Waals surface area contributed by atoms with Gasteiger partial charge in [0, 0.05) is 25.8 Å². The molecule has 1 amide bonds. The Morgan fingerprint density at radius 1 is 1.45 bits per heavy atom. The maximum Gasteiger partial charge on any atom is 0.251 e. The number of aromatic nitrogens is 2. The lowest BCUT2D eigenvalue weighted by Crippen LogP contribution is -2.25. The van der Waals surface area contributed by atoms with E-state index in [1.807, 2.05) is 43.7 Å². The van der Waals surface area contributed by atoms with E-state index >= 15 is 0 Å². The van der Waals surface area contributed by atoms with Crippen LogP contribution in [0.3, 0.4) is 0 Å². The highest BCUT2D eigenvalue weighted by Gasteiger charge is 2.07. The van der Waals surface area contributed by atoms with Crippen LogP contribution in [0.4, 0.5) is 0 Å². The largest absolute Gasteiger partial charge is 0.379 e. The van der Waals surface area contributed by atoms with Crippen molar-refractivity contribution in [3.8, 4) is 0 Å². The summed E-state index contributed by atoms with van der Waals surface area (Å²) in [6.45, 7) is 5.28. The molecule has 20 heavy (non-hydrogen) atoms. The molecule has 1 aromatic heterocycles. The Balaban J connectivity index is 1.87. The van der Waals surface area contributed by atoms with Gasteiger partial charge in [0.15, 0.2) is 0 Å². The zero-order valence-corrected chi connectivity index (χ0v) is 12.2. The van der Waals surface area contributed by atoms with Crippen molar-refractivity contribution in [2.24, 2.45) is 7.05 Å². The first-order valence-corrected chi connectivity index (χ1v) is 6.89. The van der Waals surface area contributed by atoms with Crippen molar-refractivity contribution in [1.82, 2.24) is 14.9 Å². The van der Waals surface area contributed by atoms with Gasteiger partial charge in [0.2, 0.25) is 0 Å². The molecule has 0 radical (unpaired) electrons. The van der Waals surface area contributed by atoms with Gasteiger partial charge in [-0.25, -0.2) is 4.98 Å². The number of fused-ring (bicyclic) bond motifs is 1. The van der Waals surface area contributed by atoms with Crippen LogP contribution < -0.4 is 5.32 Å². The molecule has 0 saturated carbocycles. The Bertz CT molecular complexity index is 590. The Morgan fingerprint density at radius 2 is 2.25 bits per heavy atom. The summed E-state index contributed by atoms with van der Waals surface area (Å²) in [5.74, 6) is -0.0675. The number of ether oxygens (including phenoxy) is 1. The summed E-state index contributed by atoms with van der Waals surface area (Å²) in [5, 5.41) is 2.89. The number of carbonyl (C=O) groups is 1. The third-order valence-electron chi connectivity index (χ3n) is 3.05. The maximum atomic E-state index is 12.0. The van der Waals surface area contributed by atoms with E-state index in [1.165, 1.54) is 0 Å². The number of nitrogens with zero attached hydrogens (tertiary/aromatic N) is 2. The molecule has 0 atom stereocenters. The van der Waals surface area contributed by atoms with Crippen LogP contribution in [0, 0.1) is 0 Å². The first kappa shape index (κ1) is 14.5. The van der Waals surface area contributed by atoms with Crippen molar-refractivity contribution < 1.29 is 9.53 Å². The van der Waals surface area contributed by atoms with E-state index in [0.717, 1.165) is 17.5 Å². The molecule has 2 rings (SSSR count). The second-order valence-electron chi connectivity index (χ2n) is 5.09. The van der Waals surface area contributed by atoms with Crippen molar-refractivity contribution in [2.45, 2.75) is 26.4 Å². The van der Waals surface area contributed by atoms with Crippen molar-refractivity contribution in [3.63, 3.8) is 0 Å². The van der Waals surface area contributed by atoms with Crippen LogP contribution in [-0.4, -0.2) is 34.7 Å². The van der Waals surface area contributed by atoms with Crippen LogP contribution in [0.15, 0.2) is 24.5 Å². The van der Waals surface area contributed by atoms with Crippen LogP contribution in [0.25, 0.3) is 11.0 Å². The summed E-state index contributed by atoms with van der Waals surface area (Å²) in [6, 6.07) is 5.55. The molecule has 0 saturated heterocycles. The van der Waals surface area contributed by atoms with Crippen molar-refractivity contribution in [1.29, 1.82) is 0 Å². The lowest BCUT2D eigenvalue weighted by Gasteiger charge is -2.08. The van der Waals surface area contributed by atoms with E-state index in [0.29, 0.717) is 18.7 Å². The van der Waals surface area contributed by atoms with Gasteiger partial charge in [-0.2, -0.15) is 0 Å². The summed E-state index contributed by atoms with van der Waals surface area (Å²) in [5.41, 5.74) is 2.50. The van der Waals surface area contributed by atoms with Gasteiger partial charge in [-0.15, -0.1) is 0 Å². The van der Waals surface area contributed by atoms with E-state index in [-0.39, 0.29) is 12.0 Å². The summed E-state index contributed by atoms with van der Waals surface area (Å²) < 4.78 is 7.36. The molecular weight excluding hydrogens is 254 g/mol. The van der Waals surface area contributed by atoms with E-state index in [4.69, 9.17) is 4.74 Å². The molecule has 1 heterocycles. The topological polar surface area (TPSA) is 56.1 Å². The van der Waals surface area contributed by atoms with Gasteiger partial charge < -0.3 is 14.6 Å². The normalized spacial score (nSPS) is 11.2. The highest BCUT2D eigenvalue weighted by molar-refractivity contribution is 5.97. The fourth-order valence-electron chi connectivity index (χ4n) is 1.97. The number of aryl methyl sites for hydroxylation is 1. The lowest BCUT2D eigenvalue weighted by atomic mass is 10.2. The molecule has 0 aliphatic carbocycles. The predicted octanol–water partition coefficient (Wildman–Crippen LogP) is 2.12. The first-order valence-electron chi connectivity index (χ1n) is 6.89. The summed E-state index contributed by atoms with van der Waals surface area (Å²) in [7, 11) is 1.93. The van der Waals surface area contributed by atoms with E-state index < -0.39 is 0 Å². The molecular formula is C15H21N3O2. The van der Waals surface area contributed by atoms with Crippen LogP contribution in [0.1, 0.15) is 30.6 Å². The average molecular weight is 275 g/mol. The third-order valence-corrected chi connectivity index (χ3v) is 3.05. The quantitative estimate of drug-likeness (QED) is 0.822. The third kappa shape index (κ3) is 3.57. The van der Waals surface area contributed by atoms with Crippen LogP contribution >= 0.6 is 0 Å². The molecule has 1 N–H and O–H groups in total. The Kier molecular flexibility index (Phi) is 4.74. The highest BCUT2D eigenvalue weighted by Crippen LogP contribution is 2.13. The number of nitrogens with one attached hydrogen (secondary N) is 1. The van der Waals surface area contributed by atoms with Gasteiger partial charge in [-0.05, 0) is 38.5 Å². The Labute approximate surface area is 118 Å². The highest BCUT2D eigenvalue weighted by atomic mass is 16.5. The van der Waals surface area contributed by atoms with Gasteiger partial charge in [0.25, 0.3) is 5.91 Å².